The number of nitrogens with one attached hydrogen (secondary N) is 2. The molecule has 0 aliphatic carbocycles. The van der Waals surface area contributed by atoms with Crippen molar-refractivity contribution in [3.63, 3.8) is 0 Å². The smallest absolute Gasteiger partial charge is 0.191 e. The number of nitrogens with zero attached hydrogens (tertiary/aromatic N) is 2. The largest absolute Gasteiger partial charge is 0.374 e. The van der Waals surface area contributed by atoms with Crippen molar-refractivity contribution in [2.45, 2.75) is 59.1 Å². The van der Waals surface area contributed by atoms with Crippen molar-refractivity contribution < 1.29 is 4.74 Å². The van der Waals surface area contributed by atoms with Crippen molar-refractivity contribution in [1.82, 2.24) is 15.5 Å². The van der Waals surface area contributed by atoms with E-state index in [2.05, 4.69) is 67.5 Å². The van der Waals surface area contributed by atoms with Crippen LogP contribution in [0.15, 0.2) is 35.3 Å². The number of hydrogen-bond acceptors (Lipinski definition) is 3. The second-order valence-corrected chi connectivity index (χ2v) is 8.02. The van der Waals surface area contributed by atoms with Crippen LogP contribution in [-0.4, -0.2) is 56.2 Å². The first-order valence-corrected chi connectivity index (χ1v) is 11.0. The summed E-state index contributed by atoms with van der Waals surface area (Å²) in [4.78, 5) is 7.42. The predicted molar refractivity (Wildman–Crippen MR) is 119 cm³/mol. The van der Waals surface area contributed by atoms with Crippen LogP contribution in [0.5, 0.6) is 0 Å². The number of hydrogen-bond donors (Lipinski definition) is 2. The third-order valence-electron chi connectivity index (χ3n) is 5.38. The fourth-order valence-electron chi connectivity index (χ4n) is 3.64. The first kappa shape index (κ1) is 22.7. The molecule has 0 aromatic heterocycles. The molecule has 1 saturated heterocycles. The first-order valence-electron chi connectivity index (χ1n) is 11.0. The van der Waals surface area contributed by atoms with Gasteiger partial charge in [0, 0.05) is 38.8 Å². The summed E-state index contributed by atoms with van der Waals surface area (Å²) in [6, 6.07) is 11.0. The van der Waals surface area contributed by atoms with Crippen molar-refractivity contribution >= 4 is 5.96 Å². The third kappa shape index (κ3) is 8.19. The van der Waals surface area contributed by atoms with Crippen LogP contribution < -0.4 is 10.6 Å². The van der Waals surface area contributed by atoms with Crippen LogP contribution in [0.25, 0.3) is 0 Å². The van der Waals surface area contributed by atoms with Crippen molar-refractivity contribution in [2.24, 2.45) is 10.9 Å². The normalized spacial score (nSPS) is 19.6. The average Bonchev–Trinajstić information content (AvgIpc) is 2.72. The Labute approximate surface area is 171 Å². The molecule has 0 saturated carbocycles. The number of rotatable bonds is 10. The van der Waals surface area contributed by atoms with Gasteiger partial charge in [-0.05, 0) is 65.0 Å². The van der Waals surface area contributed by atoms with Crippen LogP contribution in [0, 0.1) is 5.92 Å². The molecule has 2 atom stereocenters. The van der Waals surface area contributed by atoms with Gasteiger partial charge in [0.15, 0.2) is 5.96 Å². The third-order valence-corrected chi connectivity index (χ3v) is 5.38. The number of aliphatic imine (C=N–C) groups is 1. The summed E-state index contributed by atoms with van der Waals surface area (Å²) in [6.45, 7) is 14.6. The highest BCUT2D eigenvalue weighted by molar-refractivity contribution is 5.79. The van der Waals surface area contributed by atoms with Gasteiger partial charge in [0.2, 0.25) is 0 Å². The Hall–Kier alpha value is -1.59. The molecule has 0 bridgehead atoms. The summed E-state index contributed by atoms with van der Waals surface area (Å²) in [5.41, 5.74) is 1.23. The molecular weight excluding hydrogens is 348 g/mol. The van der Waals surface area contributed by atoms with Gasteiger partial charge in [0.05, 0.1) is 6.10 Å². The fraction of sp³-hybridized carbons (Fsp3) is 0.696. The monoisotopic (exact) mass is 388 g/mol. The van der Waals surface area contributed by atoms with E-state index in [1.54, 1.807) is 0 Å². The second kappa shape index (κ2) is 12.8. The van der Waals surface area contributed by atoms with Gasteiger partial charge in [-0.3, -0.25) is 4.99 Å². The van der Waals surface area contributed by atoms with Gasteiger partial charge in [-0.1, -0.05) is 30.3 Å². The minimum Gasteiger partial charge on any atom is -0.374 e. The van der Waals surface area contributed by atoms with E-state index < -0.39 is 0 Å². The molecule has 1 fully saturated rings. The zero-order valence-corrected chi connectivity index (χ0v) is 18.3. The Kier molecular flexibility index (Phi) is 10.4. The van der Waals surface area contributed by atoms with Crippen molar-refractivity contribution in [1.29, 1.82) is 0 Å². The van der Waals surface area contributed by atoms with Crippen molar-refractivity contribution in [3.05, 3.63) is 35.9 Å². The lowest BCUT2D eigenvalue weighted by atomic mass is 9.97. The Morgan fingerprint density at radius 3 is 2.71 bits per heavy atom. The number of ether oxygens (including phenoxy) is 1. The molecule has 5 nitrogen and oxygen atoms in total. The van der Waals surface area contributed by atoms with Crippen LogP contribution in [0.4, 0.5) is 0 Å². The average molecular weight is 389 g/mol. The summed E-state index contributed by atoms with van der Waals surface area (Å²) < 4.78 is 5.95. The number of guanidine groups is 1. The van der Waals surface area contributed by atoms with Gasteiger partial charge in [0.1, 0.15) is 0 Å². The summed E-state index contributed by atoms with van der Waals surface area (Å²) in [5.74, 6) is 1.60. The minimum atomic E-state index is 0.137. The zero-order valence-electron chi connectivity index (χ0n) is 18.3. The lowest BCUT2D eigenvalue weighted by molar-refractivity contribution is 0.0646. The van der Waals surface area contributed by atoms with Crippen molar-refractivity contribution in [2.75, 3.05) is 39.3 Å². The van der Waals surface area contributed by atoms with Gasteiger partial charge in [-0.15, -0.1) is 0 Å². The topological polar surface area (TPSA) is 48.9 Å². The van der Waals surface area contributed by atoms with Gasteiger partial charge >= 0.3 is 0 Å². The molecule has 2 rings (SSSR count). The quantitative estimate of drug-likeness (QED) is 0.363. The molecule has 1 aliphatic heterocycles. The molecule has 158 valence electrons. The molecule has 1 aromatic rings. The van der Waals surface area contributed by atoms with Gasteiger partial charge in [0.25, 0.3) is 0 Å². The lowest BCUT2D eigenvalue weighted by Gasteiger charge is -2.34. The predicted octanol–water partition coefficient (Wildman–Crippen LogP) is 3.83. The minimum absolute atomic E-state index is 0.137. The molecule has 5 heteroatoms. The lowest BCUT2D eigenvalue weighted by Crippen LogP contribution is -2.42. The van der Waals surface area contributed by atoms with E-state index in [4.69, 9.17) is 9.73 Å². The molecule has 2 unspecified atom stereocenters. The van der Waals surface area contributed by atoms with Gasteiger partial charge in [-0.25, -0.2) is 0 Å². The molecular formula is C23H40N4O. The maximum Gasteiger partial charge on any atom is 0.191 e. The van der Waals surface area contributed by atoms with E-state index >= 15 is 0 Å². The number of piperidine rings is 1. The summed E-state index contributed by atoms with van der Waals surface area (Å²) in [6.07, 6.45) is 3.68. The standard InChI is InChI=1S/C23H40N4O/c1-5-24-23(26-17-21-11-9-15-27(18-21)19(2)3)25-14-10-16-28-20(4)22-12-7-6-8-13-22/h6-8,12-13,19-21H,5,9-11,14-18H2,1-4H3,(H2,24,25,26). The number of likely N-dealkylation sites (tertiary alicyclic amines) is 1. The molecule has 1 aromatic carbocycles. The van der Waals surface area contributed by atoms with E-state index in [1.807, 2.05) is 6.07 Å². The van der Waals surface area contributed by atoms with E-state index in [0.29, 0.717) is 12.0 Å². The Morgan fingerprint density at radius 1 is 1.21 bits per heavy atom. The fourth-order valence-corrected chi connectivity index (χ4v) is 3.64. The van der Waals surface area contributed by atoms with Crippen LogP contribution >= 0.6 is 0 Å². The highest BCUT2D eigenvalue weighted by Gasteiger charge is 2.21. The molecule has 1 aliphatic rings. The van der Waals surface area contributed by atoms with Gasteiger partial charge < -0.3 is 20.3 Å². The summed E-state index contributed by atoms with van der Waals surface area (Å²) in [7, 11) is 0. The van der Waals surface area contributed by atoms with Crippen LogP contribution in [-0.2, 0) is 4.74 Å². The molecule has 0 amide bonds. The Morgan fingerprint density at radius 2 is 2.00 bits per heavy atom. The molecule has 2 N–H and O–H groups in total. The molecule has 0 radical (unpaired) electrons. The summed E-state index contributed by atoms with van der Waals surface area (Å²) in [5, 5.41) is 6.82. The Balaban J connectivity index is 1.68. The SMILES string of the molecule is CCNC(=NCC1CCCN(C(C)C)C1)NCCCOC(C)c1ccccc1. The van der Waals surface area contributed by atoms with E-state index in [9.17, 15) is 0 Å². The van der Waals surface area contributed by atoms with Crippen LogP contribution in [0.1, 0.15) is 58.6 Å². The maximum absolute atomic E-state index is 5.95. The Bertz CT molecular complexity index is 561. The zero-order chi connectivity index (χ0) is 20.2. The molecule has 0 spiro atoms. The van der Waals surface area contributed by atoms with E-state index in [0.717, 1.165) is 38.6 Å². The number of benzene rings is 1. The van der Waals surface area contributed by atoms with E-state index in [1.165, 1.54) is 31.5 Å². The maximum atomic E-state index is 5.95. The molecule has 28 heavy (non-hydrogen) atoms. The second-order valence-electron chi connectivity index (χ2n) is 8.02. The van der Waals surface area contributed by atoms with Crippen molar-refractivity contribution in [3.8, 4) is 0 Å². The highest BCUT2D eigenvalue weighted by atomic mass is 16.5. The van der Waals surface area contributed by atoms with Crippen LogP contribution in [0.3, 0.4) is 0 Å². The highest BCUT2D eigenvalue weighted by Crippen LogP contribution is 2.18. The summed E-state index contributed by atoms with van der Waals surface area (Å²) >= 11 is 0. The van der Waals surface area contributed by atoms with Crippen LogP contribution in [0.2, 0.25) is 0 Å². The first-order chi connectivity index (χ1) is 13.6. The molecule has 1 heterocycles. The van der Waals surface area contributed by atoms with Gasteiger partial charge in [-0.2, -0.15) is 0 Å². The van der Waals surface area contributed by atoms with E-state index in [-0.39, 0.29) is 6.10 Å².